The summed E-state index contributed by atoms with van der Waals surface area (Å²) >= 11 is 4.81. The van der Waals surface area contributed by atoms with Crippen molar-refractivity contribution in [2.24, 2.45) is 5.73 Å². The maximum absolute atomic E-state index is 12.1. The molecule has 1 amide bonds. The van der Waals surface area contributed by atoms with E-state index in [4.69, 9.17) is 23.1 Å². The van der Waals surface area contributed by atoms with E-state index in [-0.39, 0.29) is 12.5 Å². The third-order valence-electron chi connectivity index (χ3n) is 3.30. The van der Waals surface area contributed by atoms with Gasteiger partial charge >= 0.3 is 0 Å². The van der Waals surface area contributed by atoms with E-state index in [9.17, 15) is 4.79 Å². The number of aliphatic hydroxyl groups excluding tert-OH is 1. The number of hydrogen-bond acceptors (Lipinski definition) is 4. The number of amides is 1. The summed E-state index contributed by atoms with van der Waals surface area (Å²) in [6, 6.07) is 0.333. The number of carbonyl (C=O) groups excluding carboxylic acids is 1. The molecular weight excluding hydrogens is 262 g/mol. The number of nitrogens with zero attached hydrogens (tertiary/aromatic N) is 2. The van der Waals surface area contributed by atoms with Crippen LogP contribution < -0.4 is 5.73 Å². The number of carbonyl (C=O) groups is 1. The van der Waals surface area contributed by atoms with Crippen molar-refractivity contribution in [1.82, 2.24) is 9.80 Å². The van der Waals surface area contributed by atoms with Crippen LogP contribution >= 0.6 is 12.2 Å². The Balaban J connectivity index is 4.40. The van der Waals surface area contributed by atoms with Crippen molar-refractivity contribution in [3.63, 3.8) is 0 Å². The fraction of sp³-hybridized carbons (Fsp3) is 0.846. The Morgan fingerprint density at radius 1 is 1.32 bits per heavy atom. The van der Waals surface area contributed by atoms with Crippen molar-refractivity contribution in [2.75, 3.05) is 33.3 Å². The maximum Gasteiger partial charge on any atom is 0.236 e. The Morgan fingerprint density at radius 2 is 1.89 bits per heavy atom. The first kappa shape index (κ1) is 18.3. The predicted molar refractivity (Wildman–Crippen MR) is 82.1 cm³/mol. The summed E-state index contributed by atoms with van der Waals surface area (Å²) in [7, 11) is 1.75. The summed E-state index contributed by atoms with van der Waals surface area (Å²) < 4.78 is 0. The van der Waals surface area contributed by atoms with Gasteiger partial charge in [-0.05, 0) is 12.8 Å². The van der Waals surface area contributed by atoms with E-state index in [1.54, 1.807) is 11.9 Å². The van der Waals surface area contributed by atoms with Crippen LogP contribution in [0, 0.1) is 0 Å². The molecule has 0 aromatic heterocycles. The van der Waals surface area contributed by atoms with E-state index in [0.717, 1.165) is 12.8 Å². The van der Waals surface area contributed by atoms with Gasteiger partial charge in [0.25, 0.3) is 0 Å². The highest BCUT2D eigenvalue weighted by Crippen LogP contribution is 2.08. The van der Waals surface area contributed by atoms with Gasteiger partial charge in [0.15, 0.2) is 0 Å². The normalized spacial score (nSPS) is 11.1. The number of thiocarbonyl (C=S) groups is 1. The van der Waals surface area contributed by atoms with Crippen LogP contribution in [0.5, 0.6) is 0 Å². The van der Waals surface area contributed by atoms with Crippen LogP contribution in [-0.4, -0.2) is 65.1 Å². The number of rotatable bonds is 10. The van der Waals surface area contributed by atoms with Gasteiger partial charge in [-0.25, -0.2) is 0 Å². The highest BCUT2D eigenvalue weighted by Gasteiger charge is 2.19. The summed E-state index contributed by atoms with van der Waals surface area (Å²) in [5, 5.41) is 9.10. The summed E-state index contributed by atoms with van der Waals surface area (Å²) in [5.41, 5.74) is 5.43. The number of likely N-dealkylation sites (N-methyl/N-ethyl adjacent to an activating group) is 1. The molecule has 0 heterocycles. The second kappa shape index (κ2) is 10.1. The lowest BCUT2D eigenvalue weighted by atomic mass is 10.1. The van der Waals surface area contributed by atoms with Gasteiger partial charge in [-0.2, -0.15) is 0 Å². The molecule has 0 aliphatic carbocycles. The fourth-order valence-corrected chi connectivity index (χ4v) is 2.11. The minimum absolute atomic E-state index is 0.0385. The van der Waals surface area contributed by atoms with Crippen LogP contribution in [0.25, 0.3) is 0 Å². The monoisotopic (exact) mass is 289 g/mol. The van der Waals surface area contributed by atoms with Crippen LogP contribution in [0.4, 0.5) is 0 Å². The summed E-state index contributed by atoms with van der Waals surface area (Å²) in [5.74, 6) is 0.0385. The van der Waals surface area contributed by atoms with E-state index in [2.05, 4.69) is 13.8 Å². The first-order chi connectivity index (χ1) is 8.96. The Hall–Kier alpha value is -0.720. The number of aliphatic hydroxyl groups is 1. The first-order valence-corrected chi connectivity index (χ1v) is 7.24. The van der Waals surface area contributed by atoms with Crippen LogP contribution in [0.15, 0.2) is 0 Å². The van der Waals surface area contributed by atoms with Crippen LogP contribution in [0.2, 0.25) is 0 Å². The molecule has 0 aliphatic rings. The molecule has 112 valence electrons. The molecule has 0 saturated carbocycles. The Labute approximate surface area is 121 Å². The zero-order valence-corrected chi connectivity index (χ0v) is 13.1. The average molecular weight is 289 g/mol. The second-order valence-electron chi connectivity index (χ2n) is 4.70. The quantitative estimate of drug-likeness (QED) is 0.577. The third kappa shape index (κ3) is 7.44. The van der Waals surface area contributed by atoms with E-state index >= 15 is 0 Å². The summed E-state index contributed by atoms with van der Waals surface area (Å²) in [4.78, 5) is 16.2. The van der Waals surface area contributed by atoms with E-state index in [0.29, 0.717) is 37.1 Å². The van der Waals surface area contributed by atoms with Crippen molar-refractivity contribution in [3.05, 3.63) is 0 Å². The van der Waals surface area contributed by atoms with Crippen molar-refractivity contribution in [1.29, 1.82) is 0 Å². The summed E-state index contributed by atoms with van der Waals surface area (Å²) in [6.45, 7) is 5.67. The SMILES string of the molecule is CCC(CC)N(CCO)CC(=O)N(C)CCC(N)=S. The fourth-order valence-electron chi connectivity index (χ4n) is 2.02. The average Bonchev–Trinajstić information content (AvgIpc) is 2.37. The van der Waals surface area contributed by atoms with Gasteiger partial charge in [-0.15, -0.1) is 0 Å². The lowest BCUT2D eigenvalue weighted by Crippen LogP contribution is -2.45. The van der Waals surface area contributed by atoms with Gasteiger partial charge in [-0.3, -0.25) is 9.69 Å². The Morgan fingerprint density at radius 3 is 2.32 bits per heavy atom. The van der Waals surface area contributed by atoms with Gasteiger partial charge in [0.1, 0.15) is 0 Å². The molecule has 0 atom stereocenters. The largest absolute Gasteiger partial charge is 0.395 e. The molecular formula is C13H27N3O2S. The molecule has 0 saturated heterocycles. The minimum Gasteiger partial charge on any atom is -0.395 e. The number of hydrogen-bond donors (Lipinski definition) is 2. The molecule has 3 N–H and O–H groups in total. The van der Waals surface area contributed by atoms with Gasteiger partial charge in [-0.1, -0.05) is 26.1 Å². The lowest BCUT2D eigenvalue weighted by Gasteiger charge is -2.30. The Bertz CT molecular complexity index is 283. The third-order valence-corrected chi connectivity index (χ3v) is 3.51. The van der Waals surface area contributed by atoms with Crippen molar-refractivity contribution < 1.29 is 9.90 Å². The van der Waals surface area contributed by atoms with Crippen LogP contribution in [0.3, 0.4) is 0 Å². The van der Waals surface area contributed by atoms with Crippen molar-refractivity contribution in [3.8, 4) is 0 Å². The van der Waals surface area contributed by atoms with Gasteiger partial charge in [0.05, 0.1) is 18.1 Å². The van der Waals surface area contributed by atoms with Gasteiger partial charge in [0, 0.05) is 32.6 Å². The molecule has 19 heavy (non-hydrogen) atoms. The molecule has 0 aromatic carbocycles. The topological polar surface area (TPSA) is 69.8 Å². The molecule has 0 rings (SSSR count). The van der Waals surface area contributed by atoms with E-state index < -0.39 is 0 Å². The zero-order valence-electron chi connectivity index (χ0n) is 12.3. The lowest BCUT2D eigenvalue weighted by molar-refractivity contribution is -0.131. The first-order valence-electron chi connectivity index (χ1n) is 6.83. The molecule has 0 bridgehead atoms. The van der Waals surface area contributed by atoms with Crippen LogP contribution in [-0.2, 0) is 4.79 Å². The molecule has 0 aromatic rings. The highest BCUT2D eigenvalue weighted by molar-refractivity contribution is 7.80. The molecule has 0 unspecified atom stereocenters. The highest BCUT2D eigenvalue weighted by atomic mass is 32.1. The minimum atomic E-state index is 0.0385. The van der Waals surface area contributed by atoms with Gasteiger partial charge < -0.3 is 15.7 Å². The predicted octanol–water partition coefficient (Wildman–Crippen LogP) is 0.604. The number of nitrogens with two attached hydrogens (primary N) is 1. The zero-order chi connectivity index (χ0) is 14.8. The molecule has 0 fully saturated rings. The maximum atomic E-state index is 12.1. The van der Waals surface area contributed by atoms with E-state index in [1.165, 1.54) is 0 Å². The van der Waals surface area contributed by atoms with Crippen LogP contribution in [0.1, 0.15) is 33.1 Å². The Kier molecular flexibility index (Phi) is 9.73. The summed E-state index contributed by atoms with van der Waals surface area (Å²) in [6.07, 6.45) is 2.49. The molecule has 0 spiro atoms. The molecule has 0 aliphatic heterocycles. The smallest absolute Gasteiger partial charge is 0.236 e. The van der Waals surface area contributed by atoms with Crippen molar-refractivity contribution >= 4 is 23.1 Å². The van der Waals surface area contributed by atoms with Gasteiger partial charge in [0.2, 0.25) is 5.91 Å². The standard InChI is InChI=1S/C13H27N3O2S/c1-4-11(5-2)16(8-9-17)10-13(18)15(3)7-6-12(14)19/h11,17H,4-10H2,1-3H3,(H2,14,19). The molecule has 0 radical (unpaired) electrons. The second-order valence-corrected chi connectivity index (χ2v) is 5.22. The molecule has 6 heteroatoms. The molecule has 5 nitrogen and oxygen atoms in total. The van der Waals surface area contributed by atoms with E-state index in [1.807, 2.05) is 4.90 Å². The van der Waals surface area contributed by atoms with Crippen molar-refractivity contribution in [2.45, 2.75) is 39.2 Å².